The molecule has 4 heteroatoms. The first-order valence-electron chi connectivity index (χ1n) is 17.7. The van der Waals surface area contributed by atoms with Gasteiger partial charge in [0.2, 0.25) is 0 Å². The molecular formula is C44H58Cl2Hf2. The zero-order valence-corrected chi connectivity index (χ0v) is 40.3. The van der Waals surface area contributed by atoms with Crippen LogP contribution in [0.4, 0.5) is 0 Å². The van der Waals surface area contributed by atoms with Crippen molar-refractivity contribution in [1.82, 2.24) is 0 Å². The van der Waals surface area contributed by atoms with Crippen LogP contribution in [0.2, 0.25) is 7.35 Å². The summed E-state index contributed by atoms with van der Waals surface area (Å²) in [6.45, 7) is 28.5. The minimum Gasteiger partial charge on any atom is -1.00 e. The number of rotatable bonds is 6. The van der Waals surface area contributed by atoms with E-state index in [0.29, 0.717) is 0 Å². The Morgan fingerprint density at radius 1 is 0.562 bits per heavy atom. The third kappa shape index (κ3) is 8.97. The average Bonchev–Trinajstić information content (AvgIpc) is 3.77. The van der Waals surface area contributed by atoms with E-state index in [2.05, 4.69) is 168 Å². The van der Waals surface area contributed by atoms with Gasteiger partial charge in [0.15, 0.2) is 0 Å². The monoisotopic (exact) mass is 1020 g/mol. The summed E-state index contributed by atoms with van der Waals surface area (Å²) in [5, 5.41) is 0. The van der Waals surface area contributed by atoms with E-state index in [9.17, 15) is 0 Å². The summed E-state index contributed by atoms with van der Waals surface area (Å²) < 4.78 is 6.88. The van der Waals surface area contributed by atoms with Crippen LogP contribution >= 0.6 is 0 Å². The molecule has 0 saturated heterocycles. The minimum absolute atomic E-state index is 0. The fourth-order valence-electron chi connectivity index (χ4n) is 7.99. The van der Waals surface area contributed by atoms with Crippen molar-refractivity contribution in [1.29, 1.82) is 0 Å². The molecule has 0 heterocycles. The molecule has 4 aliphatic carbocycles. The molecule has 0 N–H and O–H groups in total. The van der Waals surface area contributed by atoms with E-state index in [1.165, 1.54) is 35.1 Å². The summed E-state index contributed by atoms with van der Waals surface area (Å²) in [7, 11) is 0. The smallest absolute Gasteiger partial charge is 1.00 e. The zero-order chi connectivity index (χ0) is 33.6. The Kier molecular flexibility index (Phi) is 14.5. The van der Waals surface area contributed by atoms with E-state index in [1.54, 1.807) is 22.3 Å². The van der Waals surface area contributed by atoms with Gasteiger partial charge in [-0.05, 0) is 0 Å². The molecule has 0 aromatic heterocycles. The topological polar surface area (TPSA) is 0 Å². The number of halogens is 2. The van der Waals surface area contributed by atoms with Crippen molar-refractivity contribution in [3.05, 3.63) is 125 Å². The van der Waals surface area contributed by atoms with Gasteiger partial charge in [0.25, 0.3) is 0 Å². The molecule has 0 bridgehead atoms. The van der Waals surface area contributed by atoms with Gasteiger partial charge in [0, 0.05) is 0 Å². The Balaban J connectivity index is 0.000000250. The Morgan fingerprint density at radius 2 is 0.896 bits per heavy atom. The summed E-state index contributed by atoms with van der Waals surface area (Å²) >= 11 is -3.91. The standard InChI is InChI=1S/2C10H9.2C9H13.2C3H7.2ClH.2Hf/c2*1-8-6-7-9-4-2-3-5-10(8)9;2*1-9(2,3)8-6-4-5-7-8;2*1-3-2;;;;/h2*2-7H,1H3;2*6-7H,4H2,1-3H3;2*3H,1-2H3;2*1H;;/q;;;;;;;;2*+1/p-2. The molecule has 2 aromatic rings. The summed E-state index contributed by atoms with van der Waals surface area (Å²) in [6.07, 6.45) is 17.8. The van der Waals surface area contributed by atoms with Gasteiger partial charge in [0.05, 0.1) is 0 Å². The molecule has 0 spiro atoms. The normalized spacial score (nSPS) is 19.5. The number of benzene rings is 2. The summed E-state index contributed by atoms with van der Waals surface area (Å²) in [6, 6.07) is 18.2. The summed E-state index contributed by atoms with van der Waals surface area (Å²) in [5.41, 5.74) is 12.9. The molecule has 2 unspecified atom stereocenters. The van der Waals surface area contributed by atoms with E-state index in [1.807, 2.05) is 6.66 Å². The van der Waals surface area contributed by atoms with Crippen LogP contribution in [0.25, 0.3) is 11.1 Å². The Morgan fingerprint density at radius 3 is 1.19 bits per heavy atom. The van der Waals surface area contributed by atoms with Crippen LogP contribution in [0.15, 0.2) is 103 Å². The van der Waals surface area contributed by atoms with Gasteiger partial charge < -0.3 is 24.8 Å². The maximum atomic E-state index is 2.60. The van der Waals surface area contributed by atoms with Crippen LogP contribution in [0.1, 0.15) is 126 Å². The Labute approximate surface area is 322 Å². The molecule has 0 amide bonds. The first-order valence-corrected chi connectivity index (χ1v) is 29.6. The van der Waals surface area contributed by atoms with Gasteiger partial charge in [-0.2, -0.15) is 0 Å². The van der Waals surface area contributed by atoms with Crippen molar-refractivity contribution in [2.75, 3.05) is 0 Å². The van der Waals surface area contributed by atoms with Crippen LogP contribution in [0, 0.1) is 10.8 Å². The SMILES string of the molecule is CC1=C[CH]([Hf+]([C]2=CC(C(C)(C)C)=CC2)[CH](C)C)c2ccccc21.CC1=C[CH]([Hf+]([C]2=CC(C(C)(C)C)=CC2)[CH](C)C)c2ccccc21.[Cl-].[Cl-]. The second-order valence-corrected chi connectivity index (χ2v) is 40.5. The molecule has 2 aromatic carbocycles. The van der Waals surface area contributed by atoms with Crippen LogP contribution in [0.3, 0.4) is 0 Å². The summed E-state index contributed by atoms with van der Waals surface area (Å²) in [5.74, 6) is 0. The summed E-state index contributed by atoms with van der Waals surface area (Å²) in [4.78, 5) is 0. The molecule has 6 rings (SSSR count). The van der Waals surface area contributed by atoms with Crippen LogP contribution in [-0.4, -0.2) is 0 Å². The van der Waals surface area contributed by atoms with E-state index in [0.717, 1.165) is 14.7 Å². The molecule has 0 nitrogen and oxygen atoms in total. The van der Waals surface area contributed by atoms with E-state index < -0.39 is 42.9 Å². The van der Waals surface area contributed by atoms with Gasteiger partial charge in [0.1, 0.15) is 0 Å². The van der Waals surface area contributed by atoms with E-state index in [4.69, 9.17) is 0 Å². The maximum Gasteiger partial charge on any atom is -1.00 e. The average molecular weight is 1010 g/mol. The maximum absolute atomic E-state index is 2.60. The zero-order valence-electron chi connectivity index (χ0n) is 31.6. The number of fused-ring (bicyclic) bond motifs is 2. The molecular weight excluding hydrogens is 956 g/mol. The van der Waals surface area contributed by atoms with Crippen LogP contribution in [0.5, 0.6) is 0 Å². The number of allylic oxidation sites excluding steroid dienone is 12. The number of hydrogen-bond acceptors (Lipinski definition) is 0. The van der Waals surface area contributed by atoms with Crippen molar-refractivity contribution >= 4 is 11.1 Å². The second-order valence-electron chi connectivity index (χ2n) is 16.6. The molecule has 0 radical (unpaired) electrons. The molecule has 0 fully saturated rings. The van der Waals surface area contributed by atoms with Gasteiger partial charge in [-0.3, -0.25) is 0 Å². The Hall–Kier alpha value is -0.800. The third-order valence-electron chi connectivity index (χ3n) is 10.4. The van der Waals surface area contributed by atoms with Crippen molar-refractivity contribution in [3.8, 4) is 0 Å². The first-order chi connectivity index (χ1) is 21.6. The largest absolute Gasteiger partial charge is 1.00 e. The van der Waals surface area contributed by atoms with Gasteiger partial charge in [-0.1, -0.05) is 0 Å². The van der Waals surface area contributed by atoms with Gasteiger partial charge >= 0.3 is 301 Å². The van der Waals surface area contributed by atoms with Crippen molar-refractivity contribution in [2.24, 2.45) is 10.8 Å². The second kappa shape index (κ2) is 16.7. The fraction of sp³-hybridized carbons (Fsp3) is 0.455. The molecule has 48 heavy (non-hydrogen) atoms. The molecule has 256 valence electrons. The third-order valence-corrected chi connectivity index (χ3v) is 35.4. The van der Waals surface area contributed by atoms with Crippen LogP contribution < -0.4 is 24.8 Å². The Bertz CT molecular complexity index is 1530. The van der Waals surface area contributed by atoms with E-state index >= 15 is 0 Å². The minimum atomic E-state index is -1.95. The van der Waals surface area contributed by atoms with E-state index in [-0.39, 0.29) is 35.6 Å². The van der Waals surface area contributed by atoms with Crippen molar-refractivity contribution in [3.63, 3.8) is 0 Å². The first kappa shape index (κ1) is 41.6. The van der Waals surface area contributed by atoms with Crippen molar-refractivity contribution in [2.45, 2.75) is 111 Å². The molecule has 4 aliphatic rings. The van der Waals surface area contributed by atoms with Crippen LogP contribution in [-0.2, 0) is 42.9 Å². The quantitative estimate of drug-likeness (QED) is 0.261. The number of hydrogen-bond donors (Lipinski definition) is 0. The molecule has 2 atom stereocenters. The van der Waals surface area contributed by atoms with Crippen molar-refractivity contribution < 1.29 is 67.7 Å². The predicted molar refractivity (Wildman–Crippen MR) is 196 cm³/mol. The predicted octanol–water partition coefficient (Wildman–Crippen LogP) is 7.71. The van der Waals surface area contributed by atoms with Gasteiger partial charge in [-0.15, -0.1) is 0 Å². The molecule has 0 aliphatic heterocycles. The fourth-order valence-corrected chi connectivity index (χ4v) is 33.4. The molecule has 0 saturated carbocycles. The van der Waals surface area contributed by atoms with Gasteiger partial charge in [-0.25, -0.2) is 0 Å².